The van der Waals surface area contributed by atoms with Gasteiger partial charge in [0.2, 0.25) is 0 Å². The topological polar surface area (TPSA) is 29.1 Å². The van der Waals surface area contributed by atoms with Crippen LogP contribution in [0.4, 0.5) is 5.69 Å². The second-order valence-corrected chi connectivity index (χ2v) is 7.37. The van der Waals surface area contributed by atoms with Gasteiger partial charge in [0, 0.05) is 13.7 Å². The molecule has 2 rings (SSSR count). The SMILES string of the molecule is Cc1cccc(C(C)C)c1NC(=O)c1cc(I)ccc1Br. The highest BCUT2D eigenvalue weighted by atomic mass is 127. The maximum absolute atomic E-state index is 12.6. The minimum absolute atomic E-state index is 0.0865. The molecule has 0 aliphatic heterocycles. The first-order chi connectivity index (χ1) is 9.90. The third-order valence-electron chi connectivity index (χ3n) is 3.34. The van der Waals surface area contributed by atoms with Crippen molar-refractivity contribution in [2.75, 3.05) is 5.32 Å². The third kappa shape index (κ3) is 3.86. The van der Waals surface area contributed by atoms with Crippen molar-refractivity contribution in [2.24, 2.45) is 0 Å². The molecule has 1 amide bonds. The molecule has 0 aliphatic carbocycles. The van der Waals surface area contributed by atoms with Gasteiger partial charge in [0.05, 0.1) is 5.56 Å². The highest BCUT2D eigenvalue weighted by Gasteiger charge is 2.15. The van der Waals surface area contributed by atoms with Crippen LogP contribution >= 0.6 is 38.5 Å². The molecule has 0 spiro atoms. The number of carbonyl (C=O) groups excluding carboxylic acids is 1. The summed E-state index contributed by atoms with van der Waals surface area (Å²) in [6.07, 6.45) is 0. The average Bonchev–Trinajstić information content (AvgIpc) is 2.43. The summed E-state index contributed by atoms with van der Waals surface area (Å²) < 4.78 is 1.84. The Morgan fingerprint density at radius 2 is 1.95 bits per heavy atom. The summed E-state index contributed by atoms with van der Waals surface area (Å²) in [6, 6.07) is 11.9. The highest BCUT2D eigenvalue weighted by molar-refractivity contribution is 14.1. The lowest BCUT2D eigenvalue weighted by molar-refractivity contribution is 0.102. The van der Waals surface area contributed by atoms with Crippen molar-refractivity contribution < 1.29 is 4.79 Å². The van der Waals surface area contributed by atoms with E-state index in [-0.39, 0.29) is 5.91 Å². The van der Waals surface area contributed by atoms with Crippen molar-refractivity contribution in [3.63, 3.8) is 0 Å². The van der Waals surface area contributed by atoms with Crippen LogP contribution in [0.2, 0.25) is 0 Å². The summed E-state index contributed by atoms with van der Waals surface area (Å²) in [4.78, 5) is 12.6. The van der Waals surface area contributed by atoms with E-state index in [4.69, 9.17) is 0 Å². The number of benzene rings is 2. The Bertz CT molecular complexity index is 682. The zero-order valence-electron chi connectivity index (χ0n) is 12.2. The molecule has 21 heavy (non-hydrogen) atoms. The van der Waals surface area contributed by atoms with E-state index in [1.165, 1.54) is 0 Å². The van der Waals surface area contributed by atoms with Gasteiger partial charge in [-0.15, -0.1) is 0 Å². The van der Waals surface area contributed by atoms with Gasteiger partial charge < -0.3 is 5.32 Å². The van der Waals surface area contributed by atoms with Crippen LogP contribution in [0, 0.1) is 10.5 Å². The number of hydrogen-bond donors (Lipinski definition) is 1. The molecule has 0 saturated carbocycles. The molecule has 0 fully saturated rings. The van der Waals surface area contributed by atoms with Gasteiger partial charge in [0.15, 0.2) is 0 Å². The molecule has 2 aromatic carbocycles. The lowest BCUT2D eigenvalue weighted by atomic mass is 9.98. The second-order valence-electron chi connectivity index (χ2n) is 5.27. The first-order valence-electron chi connectivity index (χ1n) is 6.76. The third-order valence-corrected chi connectivity index (χ3v) is 4.70. The molecule has 0 unspecified atom stereocenters. The van der Waals surface area contributed by atoms with E-state index in [2.05, 4.69) is 63.8 Å². The van der Waals surface area contributed by atoms with E-state index >= 15 is 0 Å². The number of amides is 1. The molecule has 4 heteroatoms. The predicted molar refractivity (Wildman–Crippen MR) is 100 cm³/mol. The smallest absolute Gasteiger partial charge is 0.256 e. The van der Waals surface area contributed by atoms with E-state index in [0.717, 1.165) is 24.9 Å². The van der Waals surface area contributed by atoms with Crippen molar-refractivity contribution in [3.8, 4) is 0 Å². The lowest BCUT2D eigenvalue weighted by Gasteiger charge is -2.17. The number of carbonyl (C=O) groups is 1. The molecule has 2 aromatic rings. The van der Waals surface area contributed by atoms with Gasteiger partial charge >= 0.3 is 0 Å². The standard InChI is InChI=1S/C17H17BrINO/c1-10(2)13-6-4-5-11(3)16(13)20-17(21)14-9-12(19)7-8-15(14)18/h4-10H,1-3H3,(H,20,21). The largest absolute Gasteiger partial charge is 0.321 e. The Morgan fingerprint density at radius 3 is 2.62 bits per heavy atom. The first kappa shape index (κ1) is 16.5. The summed E-state index contributed by atoms with van der Waals surface area (Å²) in [5, 5.41) is 3.07. The number of para-hydroxylation sites is 1. The predicted octanol–water partition coefficient (Wildman–Crippen LogP) is 5.74. The summed E-state index contributed by atoms with van der Waals surface area (Å²) in [6.45, 7) is 6.28. The minimum Gasteiger partial charge on any atom is -0.321 e. The van der Waals surface area contributed by atoms with Crippen LogP contribution in [-0.4, -0.2) is 5.91 Å². The number of nitrogens with one attached hydrogen (secondary N) is 1. The van der Waals surface area contributed by atoms with Crippen molar-refractivity contribution in [3.05, 3.63) is 61.1 Å². The average molecular weight is 458 g/mol. The van der Waals surface area contributed by atoms with E-state index in [1.807, 2.05) is 37.3 Å². The lowest BCUT2D eigenvalue weighted by Crippen LogP contribution is -2.15. The molecule has 0 bridgehead atoms. The molecule has 0 aliphatic rings. The maximum Gasteiger partial charge on any atom is 0.256 e. The molecule has 2 nitrogen and oxygen atoms in total. The number of halogens is 2. The summed E-state index contributed by atoms with van der Waals surface area (Å²) in [5.41, 5.74) is 3.81. The van der Waals surface area contributed by atoms with Crippen LogP contribution in [0.5, 0.6) is 0 Å². The van der Waals surface area contributed by atoms with Crippen molar-refractivity contribution in [2.45, 2.75) is 26.7 Å². The maximum atomic E-state index is 12.6. The second kappa shape index (κ2) is 6.92. The van der Waals surface area contributed by atoms with Gasteiger partial charge in [-0.2, -0.15) is 0 Å². The molecule has 110 valence electrons. The summed E-state index contributed by atoms with van der Waals surface area (Å²) >= 11 is 5.66. The number of rotatable bonds is 3. The van der Waals surface area contributed by atoms with Gasteiger partial charge in [-0.25, -0.2) is 0 Å². The first-order valence-corrected chi connectivity index (χ1v) is 8.63. The Hall–Kier alpha value is -0.880. The minimum atomic E-state index is -0.0865. The summed E-state index contributed by atoms with van der Waals surface area (Å²) in [7, 11) is 0. The van der Waals surface area contributed by atoms with Crippen molar-refractivity contribution >= 4 is 50.1 Å². The molecule has 1 N–H and O–H groups in total. The van der Waals surface area contributed by atoms with Crippen LogP contribution in [0.15, 0.2) is 40.9 Å². The number of aryl methyl sites for hydroxylation is 1. The molecule has 0 atom stereocenters. The number of anilines is 1. The summed E-state index contributed by atoms with van der Waals surface area (Å²) in [5.74, 6) is 0.274. The Morgan fingerprint density at radius 1 is 1.24 bits per heavy atom. The Kier molecular flexibility index (Phi) is 5.43. The zero-order valence-corrected chi connectivity index (χ0v) is 15.9. The van der Waals surface area contributed by atoms with E-state index in [9.17, 15) is 4.79 Å². The molecule has 0 radical (unpaired) electrons. The fraction of sp³-hybridized carbons (Fsp3) is 0.235. The van der Waals surface area contributed by atoms with Crippen molar-refractivity contribution in [1.29, 1.82) is 0 Å². The van der Waals surface area contributed by atoms with Crippen molar-refractivity contribution in [1.82, 2.24) is 0 Å². The van der Waals surface area contributed by atoms with Crippen LogP contribution in [0.25, 0.3) is 0 Å². The zero-order chi connectivity index (χ0) is 15.6. The highest BCUT2D eigenvalue weighted by Crippen LogP contribution is 2.29. The fourth-order valence-electron chi connectivity index (χ4n) is 2.19. The molecular weight excluding hydrogens is 441 g/mol. The van der Waals surface area contributed by atoms with Gasteiger partial charge in [0.1, 0.15) is 0 Å². The van der Waals surface area contributed by atoms with Crippen LogP contribution in [0.3, 0.4) is 0 Å². The molecule has 0 heterocycles. The van der Waals surface area contributed by atoms with E-state index in [0.29, 0.717) is 11.5 Å². The monoisotopic (exact) mass is 457 g/mol. The van der Waals surface area contributed by atoms with E-state index in [1.54, 1.807) is 0 Å². The van der Waals surface area contributed by atoms with E-state index < -0.39 is 0 Å². The molecule has 0 aromatic heterocycles. The van der Waals surface area contributed by atoms with Crippen LogP contribution in [0.1, 0.15) is 41.3 Å². The molecule has 0 saturated heterocycles. The Labute approximate surface area is 147 Å². The van der Waals surface area contributed by atoms with Gasteiger partial charge in [-0.1, -0.05) is 32.0 Å². The molecular formula is C17H17BrINO. The van der Waals surface area contributed by atoms with Gasteiger partial charge in [-0.05, 0) is 80.7 Å². The number of hydrogen-bond acceptors (Lipinski definition) is 1. The normalized spacial score (nSPS) is 10.8. The van der Waals surface area contributed by atoms with Gasteiger partial charge in [0.25, 0.3) is 5.91 Å². The quantitative estimate of drug-likeness (QED) is 0.585. The Balaban J connectivity index is 2.38. The van der Waals surface area contributed by atoms with Crippen LogP contribution < -0.4 is 5.32 Å². The van der Waals surface area contributed by atoms with Gasteiger partial charge in [-0.3, -0.25) is 4.79 Å². The van der Waals surface area contributed by atoms with Crippen LogP contribution in [-0.2, 0) is 0 Å². The fourth-order valence-corrected chi connectivity index (χ4v) is 3.11.